The number of nitrogens with zero attached hydrogens (tertiary/aromatic N) is 2. The van der Waals surface area contributed by atoms with E-state index in [2.05, 4.69) is 10.2 Å². The van der Waals surface area contributed by atoms with Gasteiger partial charge in [0.15, 0.2) is 17.2 Å². The summed E-state index contributed by atoms with van der Waals surface area (Å²) in [6, 6.07) is 16.8. The predicted octanol–water partition coefficient (Wildman–Crippen LogP) is 5.20. The van der Waals surface area contributed by atoms with E-state index in [4.69, 9.17) is 21.1 Å². The fourth-order valence-corrected chi connectivity index (χ4v) is 2.33. The third kappa shape index (κ3) is 2.89. The Bertz CT molecular complexity index is 892. The number of rotatable bonds is 2. The van der Waals surface area contributed by atoms with Crippen molar-refractivity contribution in [3.05, 3.63) is 70.9 Å². The van der Waals surface area contributed by atoms with Crippen molar-refractivity contribution < 1.29 is 9.47 Å². The molecule has 2 aromatic carbocycles. The summed E-state index contributed by atoms with van der Waals surface area (Å²) < 4.78 is 11.5. The maximum atomic E-state index is 5.87. The van der Waals surface area contributed by atoms with Crippen molar-refractivity contribution in [3.8, 4) is 23.1 Å². The first-order valence-electron chi connectivity index (χ1n) is 7.04. The molecule has 0 atom stereocenters. The van der Waals surface area contributed by atoms with Crippen LogP contribution in [0.3, 0.4) is 0 Å². The van der Waals surface area contributed by atoms with E-state index in [0.717, 1.165) is 5.56 Å². The van der Waals surface area contributed by atoms with Gasteiger partial charge in [0.05, 0.1) is 5.69 Å². The first-order valence-corrected chi connectivity index (χ1v) is 7.42. The lowest BCUT2D eigenvalue weighted by atomic mass is 10.2. The van der Waals surface area contributed by atoms with Gasteiger partial charge in [0.2, 0.25) is 0 Å². The summed E-state index contributed by atoms with van der Waals surface area (Å²) in [5, 5.41) is 8.91. The van der Waals surface area contributed by atoms with Crippen LogP contribution in [0.5, 0.6) is 23.1 Å². The number of benzene rings is 2. The molecule has 0 fully saturated rings. The van der Waals surface area contributed by atoms with Crippen molar-refractivity contribution in [1.29, 1.82) is 0 Å². The highest BCUT2D eigenvalue weighted by Crippen LogP contribution is 2.43. The van der Waals surface area contributed by atoms with Gasteiger partial charge in [-0.05, 0) is 35.9 Å². The molecule has 0 radical (unpaired) electrons. The minimum atomic E-state index is 0.368. The quantitative estimate of drug-likeness (QED) is 0.509. The number of ether oxygens (including phenoxy) is 2. The Labute approximate surface area is 138 Å². The second-order valence-electron chi connectivity index (χ2n) is 4.97. The molecule has 0 N–H and O–H groups in total. The summed E-state index contributed by atoms with van der Waals surface area (Å²) in [5.74, 6) is 2.22. The molecular weight excluding hydrogens is 312 g/mol. The second-order valence-corrected chi connectivity index (χ2v) is 5.41. The van der Waals surface area contributed by atoms with Crippen LogP contribution >= 0.6 is 11.6 Å². The zero-order valence-corrected chi connectivity index (χ0v) is 12.7. The van der Waals surface area contributed by atoms with Gasteiger partial charge in [0, 0.05) is 11.1 Å². The standard InChI is InChI=1S/C18H11ClN2O2/c19-13-8-5-12(6-9-13)7-10-14-11-17-18(21-20-14)23-16-4-2-1-3-15(16)22-17/h1-11H/b10-7+. The Morgan fingerprint density at radius 3 is 2.30 bits per heavy atom. The van der Waals surface area contributed by atoms with E-state index in [1.807, 2.05) is 60.7 Å². The topological polar surface area (TPSA) is 44.2 Å². The molecule has 23 heavy (non-hydrogen) atoms. The number of hydrogen-bond acceptors (Lipinski definition) is 4. The van der Waals surface area contributed by atoms with Gasteiger partial charge in [-0.2, -0.15) is 0 Å². The van der Waals surface area contributed by atoms with E-state index in [1.165, 1.54) is 0 Å². The molecule has 3 aromatic rings. The molecular formula is C18H11ClN2O2. The van der Waals surface area contributed by atoms with Crippen LogP contribution in [0.15, 0.2) is 54.6 Å². The maximum absolute atomic E-state index is 5.87. The van der Waals surface area contributed by atoms with Crippen LogP contribution in [0.2, 0.25) is 5.02 Å². The summed E-state index contributed by atoms with van der Waals surface area (Å²) in [5.41, 5.74) is 1.71. The molecule has 5 heteroatoms. The second kappa shape index (κ2) is 5.74. The number of aromatic nitrogens is 2. The first-order chi connectivity index (χ1) is 11.3. The molecule has 0 saturated carbocycles. The van der Waals surface area contributed by atoms with Gasteiger partial charge in [-0.3, -0.25) is 0 Å². The van der Waals surface area contributed by atoms with Gasteiger partial charge in [-0.1, -0.05) is 41.9 Å². The smallest absolute Gasteiger partial charge is 0.282 e. The number of halogens is 1. The Kier molecular flexibility index (Phi) is 3.44. The van der Waals surface area contributed by atoms with Crippen LogP contribution in [0.4, 0.5) is 0 Å². The summed E-state index contributed by atoms with van der Waals surface area (Å²) in [7, 11) is 0. The van der Waals surface area contributed by atoms with E-state index in [1.54, 1.807) is 6.07 Å². The summed E-state index contributed by atoms with van der Waals surface area (Å²) in [6.07, 6.45) is 3.80. The van der Waals surface area contributed by atoms with E-state index >= 15 is 0 Å². The van der Waals surface area contributed by atoms with Crippen molar-refractivity contribution in [2.24, 2.45) is 0 Å². The SMILES string of the molecule is Clc1ccc(/C=C/c2cc3c(nn2)Oc2ccccc2O3)cc1. The van der Waals surface area contributed by atoms with Gasteiger partial charge in [0.1, 0.15) is 0 Å². The number of hydrogen-bond donors (Lipinski definition) is 0. The maximum Gasteiger partial charge on any atom is 0.282 e. The lowest BCUT2D eigenvalue weighted by Gasteiger charge is -2.18. The van der Waals surface area contributed by atoms with Crippen molar-refractivity contribution >= 4 is 23.8 Å². The Hall–Kier alpha value is -2.85. The van der Waals surface area contributed by atoms with Gasteiger partial charge in [-0.25, -0.2) is 0 Å². The van der Waals surface area contributed by atoms with E-state index in [9.17, 15) is 0 Å². The van der Waals surface area contributed by atoms with Crippen molar-refractivity contribution in [3.63, 3.8) is 0 Å². The lowest BCUT2D eigenvalue weighted by Crippen LogP contribution is -2.02. The predicted molar refractivity (Wildman–Crippen MR) is 89.0 cm³/mol. The van der Waals surface area contributed by atoms with Crippen LogP contribution in [-0.2, 0) is 0 Å². The van der Waals surface area contributed by atoms with E-state index < -0.39 is 0 Å². The van der Waals surface area contributed by atoms with Crippen LogP contribution in [0, 0.1) is 0 Å². The van der Waals surface area contributed by atoms with Crippen molar-refractivity contribution in [2.75, 3.05) is 0 Å². The monoisotopic (exact) mass is 322 g/mol. The summed E-state index contributed by atoms with van der Waals surface area (Å²) >= 11 is 5.87. The van der Waals surface area contributed by atoms with Gasteiger partial charge >= 0.3 is 0 Å². The molecule has 1 aliphatic heterocycles. The zero-order valence-electron chi connectivity index (χ0n) is 11.9. The van der Waals surface area contributed by atoms with E-state index in [0.29, 0.717) is 33.8 Å². The average Bonchev–Trinajstić information content (AvgIpc) is 2.59. The van der Waals surface area contributed by atoms with Crippen LogP contribution in [0.1, 0.15) is 11.3 Å². The lowest BCUT2D eigenvalue weighted by molar-refractivity contribution is 0.343. The molecule has 4 rings (SSSR count). The fraction of sp³-hybridized carbons (Fsp3) is 0. The molecule has 0 bridgehead atoms. The highest BCUT2D eigenvalue weighted by molar-refractivity contribution is 6.30. The normalized spacial score (nSPS) is 12.2. The van der Waals surface area contributed by atoms with Crippen molar-refractivity contribution in [2.45, 2.75) is 0 Å². The molecule has 1 aromatic heterocycles. The van der Waals surface area contributed by atoms with Crippen LogP contribution < -0.4 is 9.47 Å². The molecule has 1 aliphatic rings. The number of fused-ring (bicyclic) bond motifs is 2. The van der Waals surface area contributed by atoms with Crippen LogP contribution in [-0.4, -0.2) is 10.2 Å². The number of para-hydroxylation sites is 2. The molecule has 112 valence electrons. The average molecular weight is 323 g/mol. The van der Waals surface area contributed by atoms with Crippen molar-refractivity contribution in [1.82, 2.24) is 10.2 Å². The van der Waals surface area contributed by atoms with Gasteiger partial charge < -0.3 is 9.47 Å². The molecule has 0 aliphatic carbocycles. The largest absolute Gasteiger partial charge is 0.448 e. The molecule has 0 spiro atoms. The fourth-order valence-electron chi connectivity index (χ4n) is 2.20. The summed E-state index contributed by atoms with van der Waals surface area (Å²) in [4.78, 5) is 0. The molecule has 2 heterocycles. The highest BCUT2D eigenvalue weighted by atomic mass is 35.5. The van der Waals surface area contributed by atoms with Gasteiger partial charge in [0.25, 0.3) is 5.88 Å². The molecule has 0 amide bonds. The molecule has 0 saturated heterocycles. The molecule has 0 unspecified atom stereocenters. The van der Waals surface area contributed by atoms with Crippen LogP contribution in [0.25, 0.3) is 12.2 Å². The molecule has 4 nitrogen and oxygen atoms in total. The minimum Gasteiger partial charge on any atom is -0.448 e. The summed E-state index contributed by atoms with van der Waals surface area (Å²) in [6.45, 7) is 0. The van der Waals surface area contributed by atoms with E-state index in [-0.39, 0.29) is 0 Å². The minimum absolute atomic E-state index is 0.368. The Morgan fingerprint density at radius 2 is 1.52 bits per heavy atom. The first kappa shape index (κ1) is 13.8. The third-order valence-electron chi connectivity index (χ3n) is 3.34. The van der Waals surface area contributed by atoms with Gasteiger partial charge in [-0.15, -0.1) is 10.2 Å². The zero-order chi connectivity index (χ0) is 15.6. The Balaban J connectivity index is 1.60. The highest BCUT2D eigenvalue weighted by Gasteiger charge is 2.20. The third-order valence-corrected chi connectivity index (χ3v) is 3.59. The Morgan fingerprint density at radius 1 is 0.783 bits per heavy atom.